The number of amides is 1. The summed E-state index contributed by atoms with van der Waals surface area (Å²) in [6, 6.07) is 8.43. The van der Waals surface area contributed by atoms with Crippen LogP contribution in [0.15, 0.2) is 41.5 Å². The van der Waals surface area contributed by atoms with Crippen LogP contribution in [0.25, 0.3) is 11.1 Å². The fraction of sp³-hybridized carbons (Fsp3) is 0. The Bertz CT molecular complexity index is 913. The number of carbonyl (C=O) groups is 2. The van der Waals surface area contributed by atoms with E-state index in [0.717, 1.165) is 0 Å². The number of hydrogen-bond donors (Lipinski definition) is 1. The van der Waals surface area contributed by atoms with Gasteiger partial charge < -0.3 is 0 Å². The fourth-order valence-corrected chi connectivity index (χ4v) is 2.51. The zero-order chi connectivity index (χ0) is 15.9. The maximum absolute atomic E-state index is 12.4. The number of carbonyl (C=O) groups excluding carboxylic acids is 2. The van der Waals surface area contributed by atoms with E-state index in [1.807, 2.05) is 0 Å². The second-order valence-corrected chi connectivity index (χ2v) is 4.55. The minimum Gasteiger partial charge on any atom is -0.289 e. The molecule has 0 saturated carbocycles. The average Bonchev–Trinajstić information content (AvgIpc) is 2.80. The van der Waals surface area contributed by atoms with E-state index in [2.05, 4.69) is 10.0 Å². The van der Waals surface area contributed by atoms with E-state index in [4.69, 9.17) is 5.53 Å². The number of fused-ring (bicyclic) bond motifs is 3. The summed E-state index contributed by atoms with van der Waals surface area (Å²) in [7, 11) is 0. The molecule has 8 heteroatoms. The number of ketones is 1. The normalized spacial score (nSPS) is 11.4. The summed E-state index contributed by atoms with van der Waals surface area (Å²) < 4.78 is 0. The minimum absolute atomic E-state index is 0.134. The molecule has 0 radical (unpaired) electrons. The Labute approximate surface area is 122 Å². The van der Waals surface area contributed by atoms with Crippen molar-refractivity contribution in [1.29, 1.82) is 5.53 Å². The van der Waals surface area contributed by atoms with Gasteiger partial charge in [-0.05, 0) is 17.7 Å². The Hall–Kier alpha value is -3.51. The van der Waals surface area contributed by atoms with Gasteiger partial charge in [0.05, 0.1) is 10.5 Å². The second kappa shape index (κ2) is 4.80. The summed E-state index contributed by atoms with van der Waals surface area (Å²) in [5, 5.41) is 14.0. The Morgan fingerprint density at radius 3 is 2.64 bits per heavy atom. The van der Waals surface area contributed by atoms with Crippen molar-refractivity contribution in [2.24, 2.45) is 5.11 Å². The van der Waals surface area contributed by atoms with Crippen LogP contribution in [0.3, 0.4) is 0 Å². The first-order valence-electron chi connectivity index (χ1n) is 6.13. The predicted molar refractivity (Wildman–Crippen MR) is 73.6 cm³/mol. The SMILES string of the molecule is N=[N+]=NC(=O)c1cccc2c1-c1ccc([N+](=O)[O-])cc1C2=O. The Kier molecular flexibility index (Phi) is 2.94. The molecule has 0 aliphatic heterocycles. The summed E-state index contributed by atoms with van der Waals surface area (Å²) in [6.45, 7) is 0. The third-order valence-corrected chi connectivity index (χ3v) is 3.41. The maximum atomic E-state index is 12.4. The summed E-state index contributed by atoms with van der Waals surface area (Å²) in [4.78, 5) is 37.2. The quantitative estimate of drug-likeness (QED) is 0.337. The highest BCUT2D eigenvalue weighted by atomic mass is 16.6. The topological polar surface area (TPSA) is 128 Å². The predicted octanol–water partition coefficient (Wildman–Crippen LogP) is 2.50. The summed E-state index contributed by atoms with van der Waals surface area (Å²) in [6.07, 6.45) is 0. The maximum Gasteiger partial charge on any atom is 0.361 e. The number of hydrogen-bond acceptors (Lipinski definition) is 5. The number of nitrogens with one attached hydrogen (secondary N) is 1. The summed E-state index contributed by atoms with van der Waals surface area (Å²) in [5.41, 5.74) is 7.84. The van der Waals surface area contributed by atoms with Gasteiger partial charge in [0.15, 0.2) is 5.78 Å². The molecule has 0 atom stereocenters. The molecule has 1 amide bonds. The van der Waals surface area contributed by atoms with E-state index >= 15 is 0 Å². The first-order valence-corrected chi connectivity index (χ1v) is 6.13. The molecule has 1 N–H and O–H groups in total. The van der Waals surface area contributed by atoms with Crippen LogP contribution in [0, 0.1) is 15.6 Å². The van der Waals surface area contributed by atoms with Crippen molar-refractivity contribution in [1.82, 2.24) is 4.91 Å². The molecule has 1 aliphatic rings. The third-order valence-electron chi connectivity index (χ3n) is 3.41. The third kappa shape index (κ3) is 1.83. The van der Waals surface area contributed by atoms with Gasteiger partial charge in [0, 0.05) is 28.8 Å². The molecule has 0 aromatic heterocycles. The molecule has 0 fully saturated rings. The van der Waals surface area contributed by atoms with Gasteiger partial charge in [-0.3, -0.25) is 19.7 Å². The van der Waals surface area contributed by atoms with Crippen LogP contribution in [-0.4, -0.2) is 16.6 Å². The number of benzene rings is 2. The lowest BCUT2D eigenvalue weighted by Gasteiger charge is -2.03. The average molecular weight is 295 g/mol. The first kappa shape index (κ1) is 13.5. The standard InChI is InChI=1S/C14H7N4O4/c15-17-16-14(20)10-3-1-2-9-12(10)8-5-4-7(18(21)22)6-11(8)13(9)19/h1-6,15H/q+1. The molecule has 8 nitrogen and oxygen atoms in total. The van der Waals surface area contributed by atoms with Crippen LogP contribution in [0.4, 0.5) is 5.69 Å². The molecule has 22 heavy (non-hydrogen) atoms. The van der Waals surface area contributed by atoms with Gasteiger partial charge in [-0.15, -0.1) is 0 Å². The zero-order valence-corrected chi connectivity index (χ0v) is 10.9. The smallest absolute Gasteiger partial charge is 0.289 e. The van der Waals surface area contributed by atoms with Crippen LogP contribution in [0.5, 0.6) is 0 Å². The van der Waals surface area contributed by atoms with E-state index in [1.54, 1.807) is 0 Å². The van der Waals surface area contributed by atoms with Crippen molar-refractivity contribution < 1.29 is 14.5 Å². The van der Waals surface area contributed by atoms with Crippen molar-refractivity contribution >= 4 is 17.4 Å². The molecule has 2 aromatic carbocycles. The molecule has 0 unspecified atom stereocenters. The van der Waals surface area contributed by atoms with Crippen molar-refractivity contribution in [3.63, 3.8) is 0 Å². The van der Waals surface area contributed by atoms with Gasteiger partial charge >= 0.3 is 5.91 Å². The van der Waals surface area contributed by atoms with Crippen LogP contribution in [0.1, 0.15) is 26.3 Å². The number of nitro benzene ring substituents is 1. The molecule has 0 heterocycles. The van der Waals surface area contributed by atoms with E-state index in [0.29, 0.717) is 11.1 Å². The highest BCUT2D eigenvalue weighted by molar-refractivity contribution is 6.24. The lowest BCUT2D eigenvalue weighted by molar-refractivity contribution is -0.384. The minimum atomic E-state index is -0.745. The van der Waals surface area contributed by atoms with Crippen molar-refractivity contribution in [2.45, 2.75) is 0 Å². The Morgan fingerprint density at radius 2 is 1.95 bits per heavy atom. The second-order valence-electron chi connectivity index (χ2n) is 4.55. The largest absolute Gasteiger partial charge is 0.361 e. The molecular weight excluding hydrogens is 288 g/mol. The lowest BCUT2D eigenvalue weighted by atomic mass is 9.99. The summed E-state index contributed by atoms with van der Waals surface area (Å²) >= 11 is 0. The van der Waals surface area contributed by atoms with E-state index < -0.39 is 10.8 Å². The molecule has 0 bridgehead atoms. The zero-order valence-electron chi connectivity index (χ0n) is 10.9. The molecule has 1 aliphatic carbocycles. The summed E-state index contributed by atoms with van der Waals surface area (Å²) in [5.74, 6) is -1.13. The van der Waals surface area contributed by atoms with Gasteiger partial charge in [0.2, 0.25) is 10.0 Å². The number of nitrogens with zero attached hydrogens (tertiary/aromatic N) is 3. The van der Waals surface area contributed by atoms with Crippen molar-refractivity contribution in [3.05, 3.63) is 63.2 Å². The van der Waals surface area contributed by atoms with Gasteiger partial charge in [-0.2, -0.15) is 0 Å². The number of non-ortho nitro benzene ring substituents is 1. The number of nitro groups is 1. The van der Waals surface area contributed by atoms with Crippen LogP contribution < -0.4 is 4.91 Å². The molecule has 0 spiro atoms. The van der Waals surface area contributed by atoms with Crippen LogP contribution >= 0.6 is 0 Å². The highest BCUT2D eigenvalue weighted by Gasteiger charge is 2.32. The van der Waals surface area contributed by atoms with Gasteiger partial charge in [0.25, 0.3) is 5.69 Å². The van der Waals surface area contributed by atoms with Gasteiger partial charge in [0.1, 0.15) is 5.53 Å². The van der Waals surface area contributed by atoms with Crippen molar-refractivity contribution in [2.75, 3.05) is 0 Å². The molecule has 0 saturated heterocycles. The van der Waals surface area contributed by atoms with Crippen LogP contribution in [-0.2, 0) is 0 Å². The van der Waals surface area contributed by atoms with Gasteiger partial charge in [-0.1, -0.05) is 12.1 Å². The highest BCUT2D eigenvalue weighted by Crippen LogP contribution is 2.40. The molecule has 2 aromatic rings. The van der Waals surface area contributed by atoms with Crippen LogP contribution in [0.2, 0.25) is 0 Å². The Balaban J connectivity index is 2.29. The van der Waals surface area contributed by atoms with E-state index in [-0.39, 0.29) is 28.2 Å². The number of rotatable bonds is 2. The Morgan fingerprint density at radius 1 is 1.18 bits per heavy atom. The first-order chi connectivity index (χ1) is 10.5. The van der Waals surface area contributed by atoms with E-state index in [9.17, 15) is 19.7 Å². The van der Waals surface area contributed by atoms with Crippen molar-refractivity contribution in [3.8, 4) is 11.1 Å². The van der Waals surface area contributed by atoms with Gasteiger partial charge in [-0.25, -0.2) is 0 Å². The molecule has 3 rings (SSSR count). The molecule has 106 valence electrons. The van der Waals surface area contributed by atoms with E-state index in [1.165, 1.54) is 36.4 Å². The lowest BCUT2D eigenvalue weighted by Crippen LogP contribution is -2.00. The monoisotopic (exact) mass is 295 g/mol. The molecular formula is C14H7N4O4+. The fourth-order valence-electron chi connectivity index (χ4n) is 2.51.